The summed E-state index contributed by atoms with van der Waals surface area (Å²) in [6.45, 7) is 13.7. The van der Waals surface area contributed by atoms with Gasteiger partial charge in [0.05, 0.1) is 5.41 Å². The van der Waals surface area contributed by atoms with Crippen molar-refractivity contribution in [2.75, 3.05) is 0 Å². The first-order valence-corrected chi connectivity index (χ1v) is 17.6. The molecule has 0 atom stereocenters. The Morgan fingerprint density at radius 3 is 1.58 bits per heavy atom. The summed E-state index contributed by atoms with van der Waals surface area (Å²) >= 11 is 4.07. The molecule has 236 valence electrons. The van der Waals surface area contributed by atoms with E-state index >= 15 is 0 Å². The number of furan rings is 2. The van der Waals surface area contributed by atoms with Crippen molar-refractivity contribution in [2.45, 2.75) is 57.8 Å². The highest BCUT2D eigenvalue weighted by Gasteiger charge is 2.49. The summed E-state index contributed by atoms with van der Waals surface area (Å²) in [6.07, 6.45) is 0. The molecular formula is C45H37BrO2. The maximum absolute atomic E-state index is 6.90. The molecule has 9 rings (SSSR count). The largest absolute Gasteiger partial charge is 0.456 e. The first kappa shape index (κ1) is 29.5. The van der Waals surface area contributed by atoms with Crippen LogP contribution < -0.4 is 0 Å². The van der Waals surface area contributed by atoms with Crippen LogP contribution in [-0.4, -0.2) is 0 Å². The lowest BCUT2D eigenvalue weighted by atomic mass is 9.66. The van der Waals surface area contributed by atoms with Gasteiger partial charge in [-0.3, -0.25) is 0 Å². The van der Waals surface area contributed by atoms with Crippen LogP contribution in [0.4, 0.5) is 0 Å². The molecule has 0 spiro atoms. The third-order valence-corrected chi connectivity index (χ3v) is 11.2. The van der Waals surface area contributed by atoms with E-state index in [2.05, 4.69) is 161 Å². The van der Waals surface area contributed by atoms with Gasteiger partial charge < -0.3 is 8.83 Å². The number of fused-ring (bicyclic) bond motifs is 11. The minimum absolute atomic E-state index is 0.0386. The minimum Gasteiger partial charge on any atom is -0.456 e. The Balaban J connectivity index is 1.51. The van der Waals surface area contributed by atoms with E-state index in [1.807, 2.05) is 12.1 Å². The van der Waals surface area contributed by atoms with E-state index in [0.29, 0.717) is 0 Å². The number of hydrogen-bond acceptors (Lipinski definition) is 2. The molecule has 0 saturated heterocycles. The van der Waals surface area contributed by atoms with Crippen LogP contribution in [0.15, 0.2) is 129 Å². The van der Waals surface area contributed by atoms with E-state index in [1.54, 1.807) is 0 Å². The fourth-order valence-electron chi connectivity index (χ4n) is 8.16. The Hall–Kier alpha value is -4.60. The van der Waals surface area contributed by atoms with Gasteiger partial charge in [-0.1, -0.05) is 148 Å². The van der Waals surface area contributed by atoms with Crippen LogP contribution in [0.25, 0.3) is 55.0 Å². The average Bonchev–Trinajstić information content (AvgIpc) is 3.72. The fraction of sp³-hybridized carbons (Fsp3) is 0.200. The van der Waals surface area contributed by atoms with Gasteiger partial charge in [0.15, 0.2) is 0 Å². The molecule has 1 aliphatic carbocycles. The SMILES string of the molecule is CC(C)(C)c1ccc(C2(c3ccc(C(C)(C)C)cc3)c3cc(Br)c4c(oc5ccccc54)c3-c3c2ccc2oc4ccccc4c32)cc1. The third-order valence-electron chi connectivity index (χ3n) is 10.6. The first-order chi connectivity index (χ1) is 23.0. The highest BCUT2D eigenvalue weighted by atomic mass is 79.9. The molecule has 0 bridgehead atoms. The molecular weight excluding hydrogens is 652 g/mol. The van der Waals surface area contributed by atoms with Gasteiger partial charge in [0, 0.05) is 37.1 Å². The second kappa shape index (κ2) is 9.96. The second-order valence-electron chi connectivity index (χ2n) is 15.4. The average molecular weight is 690 g/mol. The molecule has 1 aliphatic rings. The molecule has 3 heteroatoms. The Morgan fingerprint density at radius 1 is 0.500 bits per heavy atom. The molecule has 0 saturated carbocycles. The smallest absolute Gasteiger partial charge is 0.144 e. The molecule has 2 aromatic heterocycles. The summed E-state index contributed by atoms with van der Waals surface area (Å²) in [5.74, 6) is 0. The molecule has 48 heavy (non-hydrogen) atoms. The van der Waals surface area contributed by atoms with E-state index in [-0.39, 0.29) is 10.8 Å². The van der Waals surface area contributed by atoms with Crippen molar-refractivity contribution in [1.29, 1.82) is 0 Å². The highest BCUT2D eigenvalue weighted by molar-refractivity contribution is 9.10. The van der Waals surface area contributed by atoms with Crippen LogP contribution >= 0.6 is 15.9 Å². The first-order valence-electron chi connectivity index (χ1n) is 16.8. The van der Waals surface area contributed by atoms with Crippen molar-refractivity contribution in [1.82, 2.24) is 0 Å². The van der Waals surface area contributed by atoms with Gasteiger partial charge >= 0.3 is 0 Å². The van der Waals surface area contributed by atoms with Crippen LogP contribution in [-0.2, 0) is 16.2 Å². The maximum atomic E-state index is 6.90. The monoisotopic (exact) mass is 688 g/mol. The summed E-state index contributed by atoms with van der Waals surface area (Å²) in [5, 5.41) is 4.45. The summed E-state index contributed by atoms with van der Waals surface area (Å²) < 4.78 is 14.5. The molecule has 0 N–H and O–H groups in total. The fourth-order valence-corrected chi connectivity index (χ4v) is 8.78. The Kier molecular flexibility index (Phi) is 6.13. The zero-order valence-corrected chi connectivity index (χ0v) is 29.8. The molecule has 0 radical (unpaired) electrons. The zero-order valence-electron chi connectivity index (χ0n) is 28.2. The molecule has 8 aromatic rings. The number of para-hydroxylation sites is 2. The van der Waals surface area contributed by atoms with Crippen molar-refractivity contribution in [2.24, 2.45) is 0 Å². The number of hydrogen-bond donors (Lipinski definition) is 0. The maximum Gasteiger partial charge on any atom is 0.144 e. The molecule has 0 unspecified atom stereocenters. The van der Waals surface area contributed by atoms with Crippen LogP contribution in [0.5, 0.6) is 0 Å². The van der Waals surface area contributed by atoms with Gasteiger partial charge in [-0.2, -0.15) is 0 Å². The predicted octanol–water partition coefficient (Wildman–Crippen LogP) is 13.2. The zero-order chi connectivity index (χ0) is 33.2. The van der Waals surface area contributed by atoms with E-state index < -0.39 is 5.41 Å². The normalized spacial score (nSPS) is 14.3. The number of benzene rings is 6. The molecule has 0 aliphatic heterocycles. The van der Waals surface area contributed by atoms with Gasteiger partial charge in [0.25, 0.3) is 0 Å². The lowest BCUT2D eigenvalue weighted by Gasteiger charge is -2.35. The standard InChI is InChI=1S/C45H37BrO2/c1-43(2,3)26-15-19-28(20-16-26)45(29-21-17-27(18-22-29)44(4,5)6)32-23-24-37-39(31-12-8-9-13-35(31)47-37)40(32)41-33(45)25-34(46)38-30-11-7-10-14-36(30)48-42(38)41/h7-25H,1-6H3. The van der Waals surface area contributed by atoms with Gasteiger partial charge in [0.2, 0.25) is 0 Å². The third kappa shape index (κ3) is 3.97. The predicted molar refractivity (Wildman–Crippen MR) is 203 cm³/mol. The summed E-state index contributed by atoms with van der Waals surface area (Å²) in [7, 11) is 0. The minimum atomic E-state index is -0.611. The Morgan fingerprint density at radius 2 is 1.02 bits per heavy atom. The van der Waals surface area contributed by atoms with E-state index in [4.69, 9.17) is 8.83 Å². The summed E-state index contributed by atoms with van der Waals surface area (Å²) in [5.41, 5.74) is 12.9. The van der Waals surface area contributed by atoms with Gasteiger partial charge in [-0.15, -0.1) is 0 Å². The molecule has 6 aromatic carbocycles. The topological polar surface area (TPSA) is 26.3 Å². The summed E-state index contributed by atoms with van der Waals surface area (Å²) in [4.78, 5) is 0. The summed E-state index contributed by atoms with van der Waals surface area (Å²) in [6, 6.07) is 42.3. The van der Waals surface area contributed by atoms with Crippen LogP contribution in [0.2, 0.25) is 0 Å². The lowest BCUT2D eigenvalue weighted by molar-refractivity contribution is 0.588. The molecule has 2 nitrogen and oxygen atoms in total. The van der Waals surface area contributed by atoms with Gasteiger partial charge in [-0.05, 0) is 68.5 Å². The van der Waals surface area contributed by atoms with E-state index in [1.165, 1.54) is 38.9 Å². The Bertz CT molecular complexity index is 2510. The van der Waals surface area contributed by atoms with E-state index in [0.717, 1.165) is 53.9 Å². The van der Waals surface area contributed by atoms with Crippen molar-refractivity contribution in [3.63, 3.8) is 0 Å². The van der Waals surface area contributed by atoms with Crippen molar-refractivity contribution < 1.29 is 8.83 Å². The number of halogens is 1. The van der Waals surface area contributed by atoms with Crippen molar-refractivity contribution >= 4 is 59.8 Å². The molecule has 2 heterocycles. The quantitative estimate of drug-likeness (QED) is 0.181. The molecule has 0 fully saturated rings. The van der Waals surface area contributed by atoms with E-state index in [9.17, 15) is 0 Å². The van der Waals surface area contributed by atoms with Crippen LogP contribution in [0.1, 0.15) is 74.9 Å². The van der Waals surface area contributed by atoms with Crippen LogP contribution in [0.3, 0.4) is 0 Å². The number of rotatable bonds is 2. The lowest BCUT2D eigenvalue weighted by Crippen LogP contribution is -2.29. The van der Waals surface area contributed by atoms with Crippen molar-refractivity contribution in [3.8, 4) is 11.1 Å². The van der Waals surface area contributed by atoms with Gasteiger partial charge in [0.1, 0.15) is 22.3 Å². The van der Waals surface area contributed by atoms with Crippen molar-refractivity contribution in [3.05, 3.63) is 153 Å². The highest BCUT2D eigenvalue weighted by Crippen LogP contribution is 2.62. The van der Waals surface area contributed by atoms with Gasteiger partial charge in [-0.25, -0.2) is 0 Å². The van der Waals surface area contributed by atoms with Crippen LogP contribution in [0, 0.1) is 0 Å². The second-order valence-corrected chi connectivity index (χ2v) is 16.3. The molecule has 0 amide bonds. The Labute approximate surface area is 289 Å².